The van der Waals surface area contributed by atoms with Gasteiger partial charge in [-0.2, -0.15) is 21.3 Å². The van der Waals surface area contributed by atoms with Gasteiger partial charge in [0.05, 0.1) is 12.0 Å². The van der Waals surface area contributed by atoms with Crippen molar-refractivity contribution in [2.75, 3.05) is 17.2 Å². The third-order valence-corrected chi connectivity index (χ3v) is 5.32. The van der Waals surface area contributed by atoms with Gasteiger partial charge in [0.2, 0.25) is 5.95 Å². The molecule has 4 aromatic heterocycles. The highest BCUT2D eigenvalue weighted by atomic mass is 32.1. The van der Waals surface area contributed by atoms with E-state index in [0.717, 1.165) is 47.0 Å². The Morgan fingerprint density at radius 3 is 2.67 bits per heavy atom. The molecule has 8 nitrogen and oxygen atoms in total. The van der Waals surface area contributed by atoms with Crippen molar-refractivity contribution >= 4 is 40.0 Å². The van der Waals surface area contributed by atoms with Gasteiger partial charge in [-0.3, -0.25) is 4.57 Å². The van der Waals surface area contributed by atoms with Crippen LogP contribution in [0.4, 0.5) is 17.5 Å². The van der Waals surface area contributed by atoms with Crippen LogP contribution in [0.15, 0.2) is 66.1 Å². The van der Waals surface area contributed by atoms with Gasteiger partial charge in [-0.1, -0.05) is 6.92 Å². The largest absolute Gasteiger partial charge is 0.368 e. The Bertz CT molecular complexity index is 1240. The summed E-state index contributed by atoms with van der Waals surface area (Å²) in [6.45, 7) is 2.94. The zero-order chi connectivity index (χ0) is 20.3. The summed E-state index contributed by atoms with van der Waals surface area (Å²) in [6.07, 6.45) is 8.24. The van der Waals surface area contributed by atoms with Crippen LogP contribution in [-0.2, 0) is 0 Å². The van der Waals surface area contributed by atoms with Crippen molar-refractivity contribution in [3.63, 3.8) is 0 Å². The van der Waals surface area contributed by atoms with E-state index in [0.29, 0.717) is 5.95 Å². The van der Waals surface area contributed by atoms with Crippen LogP contribution in [0.3, 0.4) is 0 Å². The van der Waals surface area contributed by atoms with Crippen molar-refractivity contribution in [2.24, 2.45) is 0 Å². The van der Waals surface area contributed by atoms with E-state index in [4.69, 9.17) is 4.98 Å². The molecule has 9 heteroatoms. The van der Waals surface area contributed by atoms with E-state index in [9.17, 15) is 0 Å². The number of imidazole rings is 2. The highest BCUT2D eigenvalue weighted by Gasteiger charge is 2.14. The first-order valence-electron chi connectivity index (χ1n) is 9.69. The van der Waals surface area contributed by atoms with E-state index in [-0.39, 0.29) is 0 Å². The second kappa shape index (κ2) is 7.96. The van der Waals surface area contributed by atoms with E-state index < -0.39 is 0 Å². The van der Waals surface area contributed by atoms with Crippen LogP contribution < -0.4 is 10.6 Å². The smallest absolute Gasteiger partial charge is 0.231 e. The number of hydrogen-bond acceptors (Lipinski definition) is 7. The zero-order valence-corrected chi connectivity index (χ0v) is 17.2. The van der Waals surface area contributed by atoms with Crippen molar-refractivity contribution in [1.82, 2.24) is 29.1 Å². The number of nitrogens with zero attached hydrogens (tertiary/aromatic N) is 6. The fourth-order valence-electron chi connectivity index (χ4n) is 3.16. The molecule has 0 bridgehead atoms. The normalized spacial score (nSPS) is 11.1. The van der Waals surface area contributed by atoms with E-state index in [1.807, 2.05) is 45.0 Å². The van der Waals surface area contributed by atoms with Crippen molar-refractivity contribution in [3.8, 4) is 11.4 Å². The first kappa shape index (κ1) is 18.3. The summed E-state index contributed by atoms with van der Waals surface area (Å²) < 4.78 is 3.94. The molecular weight excluding hydrogens is 396 g/mol. The van der Waals surface area contributed by atoms with Gasteiger partial charge >= 0.3 is 0 Å². The van der Waals surface area contributed by atoms with Crippen molar-refractivity contribution in [3.05, 3.63) is 66.1 Å². The Kier molecular flexibility index (Phi) is 4.86. The third kappa shape index (κ3) is 3.50. The SMILES string of the molecule is CCCNc1nc(Nc2ccc(-n3ccnc3)cc2)nc2c1ncn2-c1ccsc1. The van der Waals surface area contributed by atoms with Gasteiger partial charge in [-0.05, 0) is 42.1 Å². The maximum absolute atomic E-state index is 4.76. The molecule has 1 aromatic carbocycles. The highest BCUT2D eigenvalue weighted by molar-refractivity contribution is 7.08. The summed E-state index contributed by atoms with van der Waals surface area (Å²) in [5.41, 5.74) is 4.50. The average molecular weight is 417 g/mol. The minimum Gasteiger partial charge on any atom is -0.368 e. The molecule has 0 saturated carbocycles. The topological polar surface area (TPSA) is 85.5 Å². The van der Waals surface area contributed by atoms with Gasteiger partial charge in [0, 0.05) is 35.7 Å². The van der Waals surface area contributed by atoms with E-state index in [1.165, 1.54) is 0 Å². The summed E-state index contributed by atoms with van der Waals surface area (Å²) in [5.74, 6) is 1.25. The Morgan fingerprint density at radius 1 is 1.03 bits per heavy atom. The monoisotopic (exact) mass is 416 g/mol. The molecule has 4 heterocycles. The summed E-state index contributed by atoms with van der Waals surface area (Å²) in [5, 5.41) is 10.8. The van der Waals surface area contributed by atoms with Gasteiger partial charge in [-0.15, -0.1) is 0 Å². The lowest BCUT2D eigenvalue weighted by Gasteiger charge is -2.10. The molecule has 0 radical (unpaired) electrons. The molecule has 0 atom stereocenters. The fraction of sp³-hybridized carbons (Fsp3) is 0.143. The maximum Gasteiger partial charge on any atom is 0.231 e. The lowest BCUT2D eigenvalue weighted by Crippen LogP contribution is -2.07. The molecule has 2 N–H and O–H groups in total. The Balaban J connectivity index is 1.50. The summed E-state index contributed by atoms with van der Waals surface area (Å²) >= 11 is 1.64. The number of nitrogens with one attached hydrogen (secondary N) is 2. The molecule has 0 aliphatic rings. The standard InChI is InChI=1S/C21H20N8S/c1-2-8-23-19-18-20(29(14-24-18)17-7-11-30-12-17)27-21(26-19)25-15-3-5-16(6-4-15)28-10-9-22-13-28/h3-7,9-14H,2,8H2,1H3,(H2,23,25,26,27). The summed E-state index contributed by atoms with van der Waals surface area (Å²) in [7, 11) is 0. The van der Waals surface area contributed by atoms with Crippen LogP contribution in [0.2, 0.25) is 0 Å². The molecule has 150 valence electrons. The number of rotatable bonds is 7. The minimum atomic E-state index is 0.522. The Hall–Kier alpha value is -3.72. The van der Waals surface area contributed by atoms with Gasteiger partial charge in [-0.25, -0.2) is 9.97 Å². The second-order valence-electron chi connectivity index (χ2n) is 6.73. The summed E-state index contributed by atoms with van der Waals surface area (Å²) in [4.78, 5) is 18.1. The number of hydrogen-bond donors (Lipinski definition) is 2. The lowest BCUT2D eigenvalue weighted by atomic mass is 10.3. The molecule has 0 saturated heterocycles. The van der Waals surface area contributed by atoms with Crippen LogP contribution in [0.1, 0.15) is 13.3 Å². The maximum atomic E-state index is 4.76. The molecule has 0 fully saturated rings. The van der Waals surface area contributed by atoms with Crippen LogP contribution in [0.5, 0.6) is 0 Å². The number of anilines is 3. The quantitative estimate of drug-likeness (QED) is 0.402. The molecular formula is C21H20N8S. The van der Waals surface area contributed by atoms with E-state index in [2.05, 4.69) is 44.0 Å². The predicted octanol–water partition coefficient (Wildman–Crippen LogP) is 4.63. The molecule has 0 unspecified atom stereocenters. The predicted molar refractivity (Wildman–Crippen MR) is 120 cm³/mol. The van der Waals surface area contributed by atoms with Crippen LogP contribution in [-0.4, -0.2) is 35.6 Å². The first-order chi connectivity index (χ1) is 14.8. The van der Waals surface area contributed by atoms with Gasteiger partial charge in [0.1, 0.15) is 6.33 Å². The number of fused-ring (bicyclic) bond motifs is 1. The third-order valence-electron chi connectivity index (χ3n) is 4.65. The molecule has 0 amide bonds. The summed E-state index contributed by atoms with van der Waals surface area (Å²) in [6, 6.07) is 10.1. The van der Waals surface area contributed by atoms with Crippen LogP contribution >= 0.6 is 11.3 Å². The fourth-order valence-corrected chi connectivity index (χ4v) is 3.79. The van der Waals surface area contributed by atoms with Crippen LogP contribution in [0, 0.1) is 0 Å². The molecule has 0 aliphatic heterocycles. The van der Waals surface area contributed by atoms with Gasteiger partial charge < -0.3 is 15.2 Å². The van der Waals surface area contributed by atoms with E-state index >= 15 is 0 Å². The highest BCUT2D eigenvalue weighted by Crippen LogP contribution is 2.26. The minimum absolute atomic E-state index is 0.522. The van der Waals surface area contributed by atoms with Crippen LogP contribution in [0.25, 0.3) is 22.5 Å². The van der Waals surface area contributed by atoms with Crippen molar-refractivity contribution in [2.45, 2.75) is 13.3 Å². The zero-order valence-electron chi connectivity index (χ0n) is 16.4. The van der Waals surface area contributed by atoms with E-state index in [1.54, 1.807) is 30.2 Å². The second-order valence-corrected chi connectivity index (χ2v) is 7.51. The van der Waals surface area contributed by atoms with Gasteiger partial charge in [0.15, 0.2) is 17.0 Å². The van der Waals surface area contributed by atoms with Gasteiger partial charge in [0.25, 0.3) is 0 Å². The number of thiophene rings is 1. The number of benzene rings is 1. The molecule has 0 spiro atoms. The molecule has 5 rings (SSSR count). The van der Waals surface area contributed by atoms with Crippen molar-refractivity contribution in [1.29, 1.82) is 0 Å². The molecule has 5 aromatic rings. The molecule has 30 heavy (non-hydrogen) atoms. The Labute approximate surface area is 177 Å². The molecule has 0 aliphatic carbocycles. The lowest BCUT2D eigenvalue weighted by molar-refractivity contribution is 0.969. The van der Waals surface area contributed by atoms with Crippen molar-refractivity contribution < 1.29 is 0 Å². The average Bonchev–Trinajstić information content (AvgIpc) is 3.54. The first-order valence-corrected chi connectivity index (χ1v) is 10.6. The Morgan fingerprint density at radius 2 is 1.93 bits per heavy atom. The number of aromatic nitrogens is 6.